The largest absolute Gasteiger partial charge is 0.249 e. The fourth-order valence-corrected chi connectivity index (χ4v) is 7.41. The Bertz CT molecular complexity index is 1270. The highest BCUT2D eigenvalue weighted by atomic mass is 127. The van der Waals surface area contributed by atoms with Gasteiger partial charge < -0.3 is 0 Å². The van der Waals surface area contributed by atoms with E-state index < -0.39 is 0 Å². The van der Waals surface area contributed by atoms with Crippen LogP contribution in [-0.4, -0.2) is 4.57 Å². The second-order valence-electron chi connectivity index (χ2n) is 12.3. The molecule has 0 aliphatic heterocycles. The zero-order valence-corrected chi connectivity index (χ0v) is 23.3. The molecule has 1 aromatic heterocycles. The van der Waals surface area contributed by atoms with E-state index in [0.717, 1.165) is 11.8 Å². The predicted octanol–water partition coefficient (Wildman–Crippen LogP) is 7.34. The van der Waals surface area contributed by atoms with E-state index in [2.05, 4.69) is 95.2 Å². The lowest BCUT2D eigenvalue weighted by Crippen LogP contribution is -2.42. The Balaban J connectivity index is 0.00000216. The van der Waals surface area contributed by atoms with Crippen molar-refractivity contribution in [3.05, 3.63) is 58.4 Å². The first kappa shape index (κ1) is 22.4. The third-order valence-corrected chi connectivity index (χ3v) is 10.5. The third kappa shape index (κ3) is 2.50. The Kier molecular flexibility index (Phi) is 4.63. The van der Waals surface area contributed by atoms with Crippen LogP contribution in [0.3, 0.4) is 0 Å². The molecule has 0 spiro atoms. The van der Waals surface area contributed by atoms with Crippen LogP contribution in [0.5, 0.6) is 0 Å². The van der Waals surface area contributed by atoms with Crippen LogP contribution in [-0.2, 0) is 17.9 Å². The van der Waals surface area contributed by atoms with Gasteiger partial charge in [-0.1, -0.05) is 41.5 Å². The van der Waals surface area contributed by atoms with Crippen LogP contribution in [0.25, 0.3) is 16.7 Å². The van der Waals surface area contributed by atoms with E-state index in [1.165, 1.54) is 52.7 Å². The van der Waals surface area contributed by atoms with E-state index in [1.54, 1.807) is 11.1 Å². The molecule has 3 aliphatic rings. The summed E-state index contributed by atoms with van der Waals surface area (Å²) < 4.78 is 4.77. The number of rotatable bonds is 1. The normalized spacial score (nSPS) is 25.6. The summed E-state index contributed by atoms with van der Waals surface area (Å²) in [6, 6.07) is 9.94. The lowest BCUT2D eigenvalue weighted by atomic mass is 9.59. The van der Waals surface area contributed by atoms with Crippen molar-refractivity contribution in [2.24, 2.45) is 12.5 Å². The number of halogens is 1. The average Bonchev–Trinajstić information content (AvgIpc) is 3.42. The van der Waals surface area contributed by atoms with Crippen LogP contribution in [0.15, 0.2) is 30.6 Å². The number of hydrogen-bond acceptors (Lipinski definition) is 0. The molecule has 1 fully saturated rings. The van der Waals surface area contributed by atoms with Gasteiger partial charge in [-0.3, -0.25) is 0 Å². The molecular formula is C29H38IN2+. The number of hydrogen-bond donors (Lipinski definition) is 0. The van der Waals surface area contributed by atoms with Crippen molar-refractivity contribution < 1.29 is 4.57 Å². The molecule has 0 radical (unpaired) electrons. The summed E-state index contributed by atoms with van der Waals surface area (Å²) in [5, 5.41) is 0. The van der Waals surface area contributed by atoms with E-state index in [1.807, 2.05) is 0 Å². The number of nitrogens with zero attached hydrogens (tertiary/aromatic N) is 2. The van der Waals surface area contributed by atoms with Gasteiger partial charge >= 0.3 is 0 Å². The molecule has 3 aliphatic carbocycles. The molecule has 0 amide bonds. The van der Waals surface area contributed by atoms with E-state index in [0.29, 0.717) is 0 Å². The molecule has 1 saturated carbocycles. The van der Waals surface area contributed by atoms with Gasteiger partial charge in [-0.05, 0) is 106 Å². The van der Waals surface area contributed by atoms with Crippen molar-refractivity contribution in [2.75, 3.05) is 0 Å². The topological polar surface area (TPSA) is 8.81 Å². The predicted molar refractivity (Wildman–Crippen MR) is 144 cm³/mol. The summed E-state index contributed by atoms with van der Waals surface area (Å²) in [5.74, 6) is 1.61. The second-order valence-corrected chi connectivity index (χ2v) is 12.3. The maximum absolute atomic E-state index is 2.51. The second kappa shape index (κ2) is 6.61. The summed E-state index contributed by atoms with van der Waals surface area (Å²) in [5.41, 5.74) is 12.3. The van der Waals surface area contributed by atoms with Crippen LogP contribution in [0.1, 0.15) is 100 Å². The number of fused-ring (bicyclic) bond motifs is 7. The van der Waals surface area contributed by atoms with Crippen molar-refractivity contribution in [1.82, 2.24) is 4.57 Å². The van der Waals surface area contributed by atoms with Crippen LogP contribution < -0.4 is 4.57 Å². The number of imidazole rings is 1. The van der Waals surface area contributed by atoms with Gasteiger partial charge in [-0.15, -0.1) is 24.0 Å². The fourth-order valence-electron chi connectivity index (χ4n) is 7.41. The lowest BCUT2D eigenvalue weighted by molar-refractivity contribution is -0.645. The average molecular weight is 542 g/mol. The first-order valence-corrected chi connectivity index (χ1v) is 12.2. The Hall–Kier alpha value is -1.36. The van der Waals surface area contributed by atoms with Crippen molar-refractivity contribution in [2.45, 2.75) is 90.4 Å². The standard InChI is InChI=1S/C29H37N2.HI/c1-17-11-20(13-21-18-9-10-19(12-18)26(17)21)31-16-30(8)24-14-22-23(15-25(24)31)28(4,5)29(6,7)27(22,2)3;/h11,13-16,18-19H,9-10,12H2,1-8H3;1H/q+1;. The minimum atomic E-state index is 0. The molecule has 3 heteroatoms. The Morgan fingerprint density at radius 3 is 2.19 bits per heavy atom. The molecule has 1 heterocycles. The molecule has 0 saturated heterocycles. The fraction of sp³-hybridized carbons (Fsp3) is 0.552. The minimum absolute atomic E-state index is 0. The maximum Gasteiger partial charge on any atom is 0.249 e. The van der Waals surface area contributed by atoms with Gasteiger partial charge in [0.05, 0.1) is 7.05 Å². The Labute approximate surface area is 210 Å². The monoisotopic (exact) mass is 541 g/mol. The highest BCUT2D eigenvalue weighted by Crippen LogP contribution is 2.62. The molecule has 0 N–H and O–H groups in total. The van der Waals surface area contributed by atoms with Crippen molar-refractivity contribution in [1.29, 1.82) is 0 Å². The van der Waals surface area contributed by atoms with Gasteiger partial charge in [-0.25, -0.2) is 4.57 Å². The van der Waals surface area contributed by atoms with Crippen LogP contribution in [0, 0.1) is 12.3 Å². The first-order chi connectivity index (χ1) is 14.4. The maximum atomic E-state index is 2.51. The molecule has 2 atom stereocenters. The van der Waals surface area contributed by atoms with Gasteiger partial charge in [0.15, 0.2) is 11.0 Å². The molecule has 170 valence electrons. The zero-order valence-electron chi connectivity index (χ0n) is 21.0. The summed E-state index contributed by atoms with van der Waals surface area (Å²) >= 11 is 0. The van der Waals surface area contributed by atoms with Gasteiger partial charge in [0.1, 0.15) is 5.69 Å². The zero-order chi connectivity index (χ0) is 22.1. The highest BCUT2D eigenvalue weighted by molar-refractivity contribution is 14.0. The van der Waals surface area contributed by atoms with Crippen molar-refractivity contribution >= 4 is 35.0 Å². The molecule has 2 nitrogen and oxygen atoms in total. The van der Waals surface area contributed by atoms with E-state index >= 15 is 0 Å². The number of aryl methyl sites for hydroxylation is 2. The number of aromatic nitrogens is 2. The molecule has 2 aromatic carbocycles. The summed E-state index contributed by atoms with van der Waals surface area (Å²) in [6.45, 7) is 17.0. The molecule has 6 rings (SSSR count). The van der Waals surface area contributed by atoms with Gasteiger partial charge in [0.25, 0.3) is 0 Å². The highest BCUT2D eigenvalue weighted by Gasteiger charge is 2.57. The molecule has 2 unspecified atom stereocenters. The van der Waals surface area contributed by atoms with Gasteiger partial charge in [0, 0.05) is 0 Å². The van der Waals surface area contributed by atoms with Crippen LogP contribution in [0.2, 0.25) is 0 Å². The molecular weight excluding hydrogens is 503 g/mol. The lowest BCUT2D eigenvalue weighted by Gasteiger charge is -2.44. The summed E-state index contributed by atoms with van der Waals surface area (Å²) in [6.07, 6.45) is 6.45. The third-order valence-electron chi connectivity index (χ3n) is 10.5. The minimum Gasteiger partial charge on any atom is -0.232 e. The smallest absolute Gasteiger partial charge is 0.232 e. The van der Waals surface area contributed by atoms with E-state index in [-0.39, 0.29) is 40.2 Å². The summed E-state index contributed by atoms with van der Waals surface area (Å²) in [7, 11) is 2.20. The molecule has 3 aromatic rings. The Morgan fingerprint density at radius 1 is 0.875 bits per heavy atom. The van der Waals surface area contributed by atoms with Crippen LogP contribution in [0.4, 0.5) is 0 Å². The molecule has 2 bridgehead atoms. The van der Waals surface area contributed by atoms with E-state index in [4.69, 9.17) is 0 Å². The summed E-state index contributed by atoms with van der Waals surface area (Å²) in [4.78, 5) is 0. The molecule has 32 heavy (non-hydrogen) atoms. The van der Waals surface area contributed by atoms with E-state index in [9.17, 15) is 0 Å². The SMILES string of the molecule is Cc1cc(-n2c[n+](C)c3cc4c(cc32)C(C)(C)C(C)(C)C4(C)C)cc2c1C1CCC2C1.I. The first-order valence-electron chi connectivity index (χ1n) is 12.2. The number of benzene rings is 2. The van der Waals surface area contributed by atoms with Crippen molar-refractivity contribution in [3.8, 4) is 5.69 Å². The van der Waals surface area contributed by atoms with Gasteiger partial charge in [-0.2, -0.15) is 4.57 Å². The van der Waals surface area contributed by atoms with Gasteiger partial charge in [0.2, 0.25) is 6.33 Å². The van der Waals surface area contributed by atoms with Crippen LogP contribution >= 0.6 is 24.0 Å². The Morgan fingerprint density at radius 2 is 1.50 bits per heavy atom. The van der Waals surface area contributed by atoms with Crippen molar-refractivity contribution in [3.63, 3.8) is 0 Å². The quantitative estimate of drug-likeness (QED) is 0.225.